The quantitative estimate of drug-likeness (QED) is 0.756. The standard InChI is InChI=1S/C12H15NO2/c1-3-9-5-4-6-10(14-2)11(9)12-13-7-8-15-12/h4-6H,3,7-8H2,1-2H3. The molecule has 0 atom stereocenters. The highest BCUT2D eigenvalue weighted by atomic mass is 16.5. The predicted octanol–water partition coefficient (Wildman–Crippen LogP) is 2.03. The van der Waals surface area contributed by atoms with Crippen LogP contribution in [0, 0.1) is 0 Å². The Morgan fingerprint density at radius 2 is 2.33 bits per heavy atom. The van der Waals surface area contributed by atoms with Gasteiger partial charge in [-0.15, -0.1) is 0 Å². The lowest BCUT2D eigenvalue weighted by atomic mass is 10.0. The van der Waals surface area contributed by atoms with E-state index < -0.39 is 0 Å². The molecule has 15 heavy (non-hydrogen) atoms. The molecule has 0 saturated heterocycles. The second kappa shape index (κ2) is 4.34. The summed E-state index contributed by atoms with van der Waals surface area (Å²) in [7, 11) is 1.67. The summed E-state index contributed by atoms with van der Waals surface area (Å²) < 4.78 is 10.8. The van der Waals surface area contributed by atoms with E-state index in [-0.39, 0.29) is 0 Å². The van der Waals surface area contributed by atoms with Crippen molar-refractivity contribution in [3.63, 3.8) is 0 Å². The normalized spacial score (nSPS) is 14.7. The Morgan fingerprint density at radius 1 is 1.47 bits per heavy atom. The van der Waals surface area contributed by atoms with Crippen LogP contribution in [0.3, 0.4) is 0 Å². The molecule has 0 saturated carbocycles. The molecule has 1 aliphatic rings. The molecular weight excluding hydrogens is 190 g/mol. The third-order valence-electron chi connectivity index (χ3n) is 2.51. The lowest BCUT2D eigenvalue weighted by Crippen LogP contribution is -2.07. The number of aryl methyl sites for hydroxylation is 1. The van der Waals surface area contributed by atoms with E-state index in [1.165, 1.54) is 5.56 Å². The van der Waals surface area contributed by atoms with Crippen molar-refractivity contribution in [3.05, 3.63) is 29.3 Å². The molecule has 1 aromatic rings. The summed E-state index contributed by atoms with van der Waals surface area (Å²) in [5.74, 6) is 1.57. The van der Waals surface area contributed by atoms with Crippen LogP contribution in [0.1, 0.15) is 18.1 Å². The minimum atomic E-state index is 0.677. The summed E-state index contributed by atoms with van der Waals surface area (Å²) in [6, 6.07) is 6.03. The number of ether oxygens (including phenoxy) is 2. The van der Waals surface area contributed by atoms with Crippen LogP contribution in [0.5, 0.6) is 5.75 Å². The van der Waals surface area contributed by atoms with E-state index in [0.717, 1.165) is 30.2 Å². The number of aliphatic imine (C=N–C) groups is 1. The van der Waals surface area contributed by atoms with Crippen LogP contribution in [-0.2, 0) is 11.2 Å². The van der Waals surface area contributed by atoms with Gasteiger partial charge in [0.15, 0.2) is 0 Å². The van der Waals surface area contributed by atoms with Crippen LogP contribution < -0.4 is 4.74 Å². The molecule has 0 spiro atoms. The van der Waals surface area contributed by atoms with Crippen LogP contribution >= 0.6 is 0 Å². The Morgan fingerprint density at radius 3 is 2.93 bits per heavy atom. The van der Waals surface area contributed by atoms with Crippen molar-refractivity contribution in [2.45, 2.75) is 13.3 Å². The number of nitrogens with zero attached hydrogens (tertiary/aromatic N) is 1. The first-order valence-electron chi connectivity index (χ1n) is 5.20. The fraction of sp³-hybridized carbons (Fsp3) is 0.417. The molecule has 0 amide bonds. The van der Waals surface area contributed by atoms with Crippen LogP contribution in [0.2, 0.25) is 0 Å². The molecule has 1 heterocycles. The highest BCUT2D eigenvalue weighted by Crippen LogP contribution is 2.25. The van der Waals surface area contributed by atoms with Crippen molar-refractivity contribution in [1.29, 1.82) is 0 Å². The topological polar surface area (TPSA) is 30.8 Å². The fourth-order valence-corrected chi connectivity index (χ4v) is 1.77. The first-order chi connectivity index (χ1) is 7.36. The lowest BCUT2D eigenvalue weighted by Gasteiger charge is -2.12. The average Bonchev–Trinajstić information content (AvgIpc) is 2.81. The summed E-state index contributed by atoms with van der Waals surface area (Å²) in [6.07, 6.45) is 0.953. The summed E-state index contributed by atoms with van der Waals surface area (Å²) in [5, 5.41) is 0. The number of methoxy groups -OCH3 is 1. The van der Waals surface area contributed by atoms with Gasteiger partial charge in [0.25, 0.3) is 0 Å². The van der Waals surface area contributed by atoms with Crippen molar-refractivity contribution in [2.24, 2.45) is 4.99 Å². The van der Waals surface area contributed by atoms with Crippen molar-refractivity contribution < 1.29 is 9.47 Å². The Bertz CT molecular complexity index is 363. The molecule has 2 rings (SSSR count). The fourth-order valence-electron chi connectivity index (χ4n) is 1.77. The molecule has 0 bridgehead atoms. The Labute approximate surface area is 89.7 Å². The van der Waals surface area contributed by atoms with Crippen molar-refractivity contribution >= 4 is 5.90 Å². The Kier molecular flexibility index (Phi) is 2.90. The summed E-state index contributed by atoms with van der Waals surface area (Å²) >= 11 is 0. The predicted molar refractivity (Wildman–Crippen MR) is 59.7 cm³/mol. The number of hydrogen-bond donors (Lipinski definition) is 0. The van der Waals surface area contributed by atoms with E-state index in [2.05, 4.69) is 18.0 Å². The van der Waals surface area contributed by atoms with Gasteiger partial charge in [0.1, 0.15) is 12.4 Å². The number of hydrogen-bond acceptors (Lipinski definition) is 3. The maximum Gasteiger partial charge on any atom is 0.220 e. The first kappa shape index (κ1) is 10.0. The van der Waals surface area contributed by atoms with E-state index in [4.69, 9.17) is 9.47 Å². The van der Waals surface area contributed by atoms with Crippen molar-refractivity contribution in [3.8, 4) is 5.75 Å². The molecule has 0 unspecified atom stereocenters. The van der Waals surface area contributed by atoms with E-state index in [1.807, 2.05) is 12.1 Å². The van der Waals surface area contributed by atoms with Gasteiger partial charge < -0.3 is 9.47 Å². The summed E-state index contributed by atoms with van der Waals surface area (Å²) in [4.78, 5) is 4.34. The molecule has 1 aromatic carbocycles. The highest BCUT2D eigenvalue weighted by Gasteiger charge is 2.18. The van der Waals surface area contributed by atoms with E-state index in [1.54, 1.807) is 7.11 Å². The zero-order valence-corrected chi connectivity index (χ0v) is 9.12. The lowest BCUT2D eigenvalue weighted by molar-refractivity contribution is 0.344. The van der Waals surface area contributed by atoms with Crippen LogP contribution in [0.4, 0.5) is 0 Å². The molecule has 0 aromatic heterocycles. The molecule has 0 aliphatic carbocycles. The number of rotatable bonds is 3. The van der Waals surface area contributed by atoms with Gasteiger partial charge in [0.05, 0.1) is 19.2 Å². The molecule has 0 N–H and O–H groups in total. The average molecular weight is 205 g/mol. The van der Waals surface area contributed by atoms with Gasteiger partial charge in [-0.25, -0.2) is 4.99 Å². The number of benzene rings is 1. The zero-order chi connectivity index (χ0) is 10.7. The molecular formula is C12H15NO2. The largest absolute Gasteiger partial charge is 0.496 e. The highest BCUT2D eigenvalue weighted by molar-refractivity contribution is 5.99. The zero-order valence-electron chi connectivity index (χ0n) is 9.12. The second-order valence-corrected chi connectivity index (χ2v) is 3.38. The maximum absolute atomic E-state index is 5.49. The Hall–Kier alpha value is -1.51. The molecule has 1 aliphatic heterocycles. The van der Waals surface area contributed by atoms with Gasteiger partial charge in [-0.1, -0.05) is 19.1 Å². The SMILES string of the molecule is CCc1cccc(OC)c1C1=NCCO1. The third-order valence-corrected chi connectivity index (χ3v) is 2.51. The minimum Gasteiger partial charge on any atom is -0.496 e. The Balaban J connectivity index is 2.49. The molecule has 80 valence electrons. The monoisotopic (exact) mass is 205 g/mol. The van der Waals surface area contributed by atoms with Crippen LogP contribution in [-0.4, -0.2) is 26.2 Å². The molecule has 3 heteroatoms. The third kappa shape index (κ3) is 1.82. The summed E-state index contributed by atoms with van der Waals surface area (Å²) in [5.41, 5.74) is 2.23. The van der Waals surface area contributed by atoms with E-state index in [0.29, 0.717) is 6.61 Å². The van der Waals surface area contributed by atoms with Gasteiger partial charge in [-0.05, 0) is 18.1 Å². The van der Waals surface area contributed by atoms with Crippen LogP contribution in [0.25, 0.3) is 0 Å². The van der Waals surface area contributed by atoms with Crippen LogP contribution in [0.15, 0.2) is 23.2 Å². The van der Waals surface area contributed by atoms with Crippen molar-refractivity contribution in [2.75, 3.05) is 20.3 Å². The molecule has 0 fully saturated rings. The first-order valence-corrected chi connectivity index (χ1v) is 5.20. The second-order valence-electron chi connectivity index (χ2n) is 3.38. The van der Waals surface area contributed by atoms with Gasteiger partial charge in [0, 0.05) is 0 Å². The maximum atomic E-state index is 5.49. The van der Waals surface area contributed by atoms with Gasteiger partial charge >= 0.3 is 0 Å². The smallest absolute Gasteiger partial charge is 0.220 e. The van der Waals surface area contributed by atoms with Gasteiger partial charge in [-0.3, -0.25) is 0 Å². The summed E-state index contributed by atoms with van der Waals surface area (Å²) in [6.45, 7) is 3.54. The van der Waals surface area contributed by atoms with E-state index in [9.17, 15) is 0 Å². The minimum absolute atomic E-state index is 0.677. The van der Waals surface area contributed by atoms with E-state index >= 15 is 0 Å². The molecule has 3 nitrogen and oxygen atoms in total. The van der Waals surface area contributed by atoms with Crippen molar-refractivity contribution in [1.82, 2.24) is 0 Å². The molecule has 0 radical (unpaired) electrons. The van der Waals surface area contributed by atoms with Gasteiger partial charge in [-0.2, -0.15) is 0 Å². The van der Waals surface area contributed by atoms with Gasteiger partial charge in [0.2, 0.25) is 5.90 Å².